The van der Waals surface area contributed by atoms with E-state index in [-0.39, 0.29) is 47.0 Å². The summed E-state index contributed by atoms with van der Waals surface area (Å²) in [5.41, 5.74) is 0.758. The van der Waals surface area contributed by atoms with Crippen molar-refractivity contribution >= 4 is 27.5 Å². The number of benzene rings is 3. The van der Waals surface area contributed by atoms with Gasteiger partial charge in [-0.2, -0.15) is 0 Å². The molecule has 13 heteroatoms. The molecule has 0 aliphatic carbocycles. The van der Waals surface area contributed by atoms with Crippen LogP contribution in [-0.4, -0.2) is 79.3 Å². The van der Waals surface area contributed by atoms with Crippen LogP contribution in [-0.2, 0) is 26.2 Å². The number of sulfonamides is 1. The van der Waals surface area contributed by atoms with E-state index in [2.05, 4.69) is 5.32 Å². The maximum Gasteiger partial charge on any atom is 0.265 e. The quantitative estimate of drug-likeness (QED) is 0.218. The van der Waals surface area contributed by atoms with Crippen LogP contribution in [0.3, 0.4) is 0 Å². The predicted molar refractivity (Wildman–Crippen MR) is 179 cm³/mol. The van der Waals surface area contributed by atoms with E-state index in [9.17, 15) is 18.0 Å². The van der Waals surface area contributed by atoms with Crippen molar-refractivity contribution in [2.24, 2.45) is 0 Å². The first-order chi connectivity index (χ1) is 22.5. The molecule has 1 N–H and O–H groups in total. The molecule has 3 rings (SSSR count). The Hall–Kier alpha value is -4.65. The number of amides is 2. The molecule has 0 spiro atoms. The Morgan fingerprint density at radius 1 is 0.766 bits per heavy atom. The van der Waals surface area contributed by atoms with Gasteiger partial charge in [0.15, 0.2) is 11.5 Å². The minimum absolute atomic E-state index is 0.0158. The summed E-state index contributed by atoms with van der Waals surface area (Å²) in [4.78, 5) is 29.3. The van der Waals surface area contributed by atoms with Crippen molar-refractivity contribution in [1.29, 1.82) is 0 Å². The molecule has 47 heavy (non-hydrogen) atoms. The maximum atomic E-state index is 14.5. The minimum Gasteiger partial charge on any atom is -0.497 e. The second-order valence-corrected chi connectivity index (χ2v) is 12.5. The van der Waals surface area contributed by atoms with E-state index in [1.165, 1.54) is 64.7 Å². The number of ether oxygens (including phenoxy) is 5. The average Bonchev–Trinajstić information content (AvgIpc) is 3.09. The van der Waals surface area contributed by atoms with E-state index in [0.29, 0.717) is 29.2 Å². The standard InChI is InChI=1S/C34H45N3O9S/c1-9-23(3)35-34(39)28(10-2)36(21-24-12-11-13-25(18-24)42-4)33(38)22-37(29-19-26(43-5)14-16-30(29)44-6)47(40,41)27-15-17-31(45-7)32(20-27)46-8/h11-20,23,28H,9-10,21-22H2,1-8H3,(H,35,39). The van der Waals surface area contributed by atoms with E-state index >= 15 is 0 Å². The fourth-order valence-electron chi connectivity index (χ4n) is 4.94. The Morgan fingerprint density at radius 2 is 1.40 bits per heavy atom. The molecule has 0 aliphatic heterocycles. The van der Waals surface area contributed by atoms with Gasteiger partial charge in [-0.05, 0) is 61.7 Å². The summed E-state index contributed by atoms with van der Waals surface area (Å²) in [6.45, 7) is 4.98. The second-order valence-electron chi connectivity index (χ2n) is 10.7. The highest BCUT2D eigenvalue weighted by Crippen LogP contribution is 2.38. The molecule has 0 heterocycles. The van der Waals surface area contributed by atoms with Gasteiger partial charge < -0.3 is 33.9 Å². The van der Waals surface area contributed by atoms with Crippen LogP contribution in [0.15, 0.2) is 65.6 Å². The van der Waals surface area contributed by atoms with Gasteiger partial charge in [0, 0.05) is 24.7 Å². The smallest absolute Gasteiger partial charge is 0.265 e. The zero-order valence-corrected chi connectivity index (χ0v) is 29.1. The fraction of sp³-hybridized carbons (Fsp3) is 0.412. The molecule has 0 aromatic heterocycles. The third-order valence-electron chi connectivity index (χ3n) is 7.75. The van der Waals surface area contributed by atoms with Gasteiger partial charge in [0.1, 0.15) is 29.8 Å². The van der Waals surface area contributed by atoms with Crippen molar-refractivity contribution in [3.05, 3.63) is 66.2 Å². The third kappa shape index (κ3) is 8.79. The van der Waals surface area contributed by atoms with E-state index in [0.717, 1.165) is 4.31 Å². The van der Waals surface area contributed by atoms with Crippen molar-refractivity contribution in [2.45, 2.75) is 57.1 Å². The molecule has 3 aromatic carbocycles. The molecule has 12 nitrogen and oxygen atoms in total. The minimum atomic E-state index is -4.46. The first-order valence-corrected chi connectivity index (χ1v) is 16.6. The monoisotopic (exact) mass is 671 g/mol. The SMILES string of the molecule is CCC(C)NC(=O)C(CC)N(Cc1cccc(OC)c1)C(=O)CN(c1cc(OC)ccc1OC)S(=O)(=O)c1ccc(OC)c(OC)c1. The Labute approximate surface area is 277 Å². The molecule has 0 bridgehead atoms. The van der Waals surface area contributed by atoms with Gasteiger partial charge in [-0.1, -0.05) is 26.0 Å². The van der Waals surface area contributed by atoms with Crippen LogP contribution in [0.5, 0.6) is 28.7 Å². The van der Waals surface area contributed by atoms with E-state index < -0.39 is 28.5 Å². The van der Waals surface area contributed by atoms with Crippen molar-refractivity contribution in [3.8, 4) is 28.7 Å². The summed E-state index contributed by atoms with van der Waals surface area (Å²) in [6, 6.07) is 14.9. The lowest BCUT2D eigenvalue weighted by Gasteiger charge is -2.34. The Morgan fingerprint density at radius 3 is 2.00 bits per heavy atom. The number of anilines is 1. The lowest BCUT2D eigenvalue weighted by molar-refractivity contribution is -0.140. The summed E-state index contributed by atoms with van der Waals surface area (Å²) in [5, 5.41) is 2.97. The van der Waals surface area contributed by atoms with Crippen molar-refractivity contribution in [2.75, 3.05) is 46.4 Å². The molecular weight excluding hydrogens is 626 g/mol. The molecule has 2 atom stereocenters. The highest BCUT2D eigenvalue weighted by molar-refractivity contribution is 7.92. The molecule has 2 amide bonds. The Kier molecular flexibility index (Phi) is 13.1. The second kappa shape index (κ2) is 16.8. The average molecular weight is 672 g/mol. The van der Waals surface area contributed by atoms with Crippen molar-refractivity contribution in [3.63, 3.8) is 0 Å². The molecule has 3 aromatic rings. The van der Waals surface area contributed by atoms with Gasteiger partial charge >= 0.3 is 0 Å². The van der Waals surface area contributed by atoms with E-state index in [1.807, 2.05) is 19.9 Å². The topological polar surface area (TPSA) is 133 Å². The molecule has 256 valence electrons. The maximum absolute atomic E-state index is 14.5. The van der Waals surface area contributed by atoms with Crippen LogP contribution < -0.4 is 33.3 Å². The normalized spacial score (nSPS) is 12.3. The molecule has 0 saturated carbocycles. The van der Waals surface area contributed by atoms with Gasteiger partial charge in [-0.25, -0.2) is 8.42 Å². The summed E-state index contributed by atoms with van der Waals surface area (Å²) < 4.78 is 57.0. The summed E-state index contributed by atoms with van der Waals surface area (Å²) >= 11 is 0. The number of carbonyl (C=O) groups excluding carboxylic acids is 2. The van der Waals surface area contributed by atoms with Gasteiger partial charge in [0.25, 0.3) is 10.0 Å². The third-order valence-corrected chi connectivity index (χ3v) is 9.51. The Balaban J connectivity index is 2.21. The van der Waals surface area contributed by atoms with Gasteiger partial charge in [-0.15, -0.1) is 0 Å². The lowest BCUT2D eigenvalue weighted by atomic mass is 10.1. The first kappa shape index (κ1) is 36.8. The summed E-state index contributed by atoms with van der Waals surface area (Å²) in [7, 11) is 2.75. The Bertz CT molecular complexity index is 1630. The molecule has 2 unspecified atom stereocenters. The number of carbonyl (C=O) groups is 2. The number of hydrogen-bond donors (Lipinski definition) is 1. The highest BCUT2D eigenvalue weighted by atomic mass is 32.2. The van der Waals surface area contributed by atoms with Crippen LogP contribution in [0.25, 0.3) is 0 Å². The number of rotatable bonds is 17. The van der Waals surface area contributed by atoms with Gasteiger partial charge in [0.2, 0.25) is 11.8 Å². The number of nitrogens with one attached hydrogen (secondary N) is 1. The highest BCUT2D eigenvalue weighted by Gasteiger charge is 2.35. The lowest BCUT2D eigenvalue weighted by Crippen LogP contribution is -2.53. The number of nitrogens with zero attached hydrogens (tertiary/aromatic N) is 2. The van der Waals surface area contributed by atoms with Gasteiger partial charge in [-0.3, -0.25) is 13.9 Å². The van der Waals surface area contributed by atoms with E-state index in [4.69, 9.17) is 23.7 Å². The zero-order valence-electron chi connectivity index (χ0n) is 28.2. The van der Waals surface area contributed by atoms with Crippen molar-refractivity contribution < 1.29 is 41.7 Å². The fourth-order valence-corrected chi connectivity index (χ4v) is 6.37. The van der Waals surface area contributed by atoms with Crippen LogP contribution in [0.1, 0.15) is 39.2 Å². The molecular formula is C34H45N3O9S. The van der Waals surface area contributed by atoms with Gasteiger partial charge in [0.05, 0.1) is 46.1 Å². The molecule has 0 fully saturated rings. The van der Waals surface area contributed by atoms with Crippen LogP contribution in [0.4, 0.5) is 5.69 Å². The number of methoxy groups -OCH3 is 5. The summed E-state index contributed by atoms with van der Waals surface area (Å²) in [6.07, 6.45) is 0.974. The van der Waals surface area contributed by atoms with Crippen LogP contribution in [0.2, 0.25) is 0 Å². The number of hydrogen-bond acceptors (Lipinski definition) is 9. The first-order valence-electron chi connectivity index (χ1n) is 15.2. The van der Waals surface area contributed by atoms with Crippen LogP contribution in [0, 0.1) is 0 Å². The molecule has 0 radical (unpaired) electrons. The van der Waals surface area contributed by atoms with Crippen LogP contribution >= 0.6 is 0 Å². The van der Waals surface area contributed by atoms with E-state index in [1.54, 1.807) is 37.3 Å². The van der Waals surface area contributed by atoms with Crippen molar-refractivity contribution in [1.82, 2.24) is 10.2 Å². The largest absolute Gasteiger partial charge is 0.497 e. The molecule has 0 saturated heterocycles. The predicted octanol–water partition coefficient (Wildman–Crippen LogP) is 4.65. The molecule has 0 aliphatic rings. The summed E-state index contributed by atoms with van der Waals surface area (Å²) in [5.74, 6) is 0.655. The zero-order chi connectivity index (χ0) is 34.7.